The van der Waals surface area contributed by atoms with Gasteiger partial charge in [-0.1, -0.05) is 13.8 Å². The zero-order valence-corrected chi connectivity index (χ0v) is 12.4. The fourth-order valence-corrected chi connectivity index (χ4v) is 2.33. The van der Waals surface area contributed by atoms with E-state index in [-0.39, 0.29) is 28.6 Å². The molecular weight excluding hydrogens is 301 g/mol. The highest BCUT2D eigenvalue weighted by molar-refractivity contribution is 5.99. The summed E-state index contributed by atoms with van der Waals surface area (Å²) in [6.07, 6.45) is -3.19. The summed E-state index contributed by atoms with van der Waals surface area (Å²) in [5, 5.41) is 13.9. The van der Waals surface area contributed by atoms with Crippen LogP contribution >= 0.6 is 0 Å². The molecule has 1 atom stereocenters. The number of nitrogens with zero attached hydrogens (tertiary/aromatic N) is 2. The third kappa shape index (κ3) is 2.75. The molecule has 1 aromatic rings. The zero-order chi connectivity index (χ0) is 16.7. The van der Waals surface area contributed by atoms with Crippen molar-refractivity contribution < 1.29 is 27.5 Å². The first kappa shape index (κ1) is 16.5. The molecule has 0 fully saturated rings. The van der Waals surface area contributed by atoms with Gasteiger partial charge in [-0.3, -0.25) is 4.79 Å². The van der Waals surface area contributed by atoms with E-state index in [1.54, 1.807) is 0 Å². The van der Waals surface area contributed by atoms with Crippen LogP contribution in [-0.2, 0) is 0 Å². The van der Waals surface area contributed by atoms with Crippen LogP contribution in [-0.4, -0.2) is 33.6 Å². The lowest BCUT2D eigenvalue weighted by Gasteiger charge is -2.32. The number of hydrazone groups is 1. The van der Waals surface area contributed by atoms with Crippen molar-refractivity contribution in [3.05, 3.63) is 23.7 Å². The van der Waals surface area contributed by atoms with Crippen LogP contribution in [0.1, 0.15) is 42.6 Å². The maximum atomic E-state index is 13.3. The first-order valence-electron chi connectivity index (χ1n) is 6.79. The first-order valence-corrected chi connectivity index (χ1v) is 6.79. The molecule has 0 aromatic carbocycles. The quantitative estimate of drug-likeness (QED) is 0.931. The molecule has 1 aliphatic heterocycles. The number of amides is 1. The molecule has 1 aromatic heterocycles. The van der Waals surface area contributed by atoms with Gasteiger partial charge in [-0.25, -0.2) is 0 Å². The summed E-state index contributed by atoms with van der Waals surface area (Å²) in [6, 6.07) is 0. The molecule has 1 unspecified atom stereocenters. The lowest BCUT2D eigenvalue weighted by Crippen LogP contribution is -2.56. The highest BCUT2D eigenvalue weighted by Crippen LogP contribution is 2.42. The molecule has 1 amide bonds. The van der Waals surface area contributed by atoms with Gasteiger partial charge in [0.2, 0.25) is 0 Å². The second-order valence-corrected chi connectivity index (χ2v) is 5.84. The molecule has 122 valence electrons. The number of carbonyl (C=O) groups excluding carboxylic acids is 1. The Kier molecular flexibility index (Phi) is 4.08. The molecule has 0 aliphatic carbocycles. The Morgan fingerprint density at radius 2 is 2.14 bits per heavy atom. The molecule has 0 bridgehead atoms. The third-order valence-corrected chi connectivity index (χ3v) is 3.42. The lowest BCUT2D eigenvalue weighted by atomic mass is 9.99. The van der Waals surface area contributed by atoms with Gasteiger partial charge < -0.3 is 9.52 Å². The van der Waals surface area contributed by atoms with Gasteiger partial charge in [0.05, 0.1) is 11.8 Å². The van der Waals surface area contributed by atoms with Crippen LogP contribution in [0.4, 0.5) is 13.2 Å². The molecule has 5 nitrogen and oxygen atoms in total. The first-order chi connectivity index (χ1) is 10.1. The number of hydrogen-bond acceptors (Lipinski definition) is 4. The smallest absolute Gasteiger partial charge is 0.438 e. The van der Waals surface area contributed by atoms with E-state index in [0.29, 0.717) is 5.56 Å². The predicted molar refractivity (Wildman–Crippen MR) is 72.1 cm³/mol. The van der Waals surface area contributed by atoms with Gasteiger partial charge in [0.15, 0.2) is 0 Å². The second kappa shape index (κ2) is 5.42. The Labute approximate surface area is 125 Å². The fourth-order valence-electron chi connectivity index (χ4n) is 2.33. The Balaban J connectivity index is 2.41. The Hall–Kier alpha value is -1.83. The van der Waals surface area contributed by atoms with Crippen molar-refractivity contribution in [1.82, 2.24) is 5.01 Å². The van der Waals surface area contributed by atoms with Crippen LogP contribution in [0.15, 0.2) is 22.0 Å². The molecule has 22 heavy (non-hydrogen) atoms. The van der Waals surface area contributed by atoms with Gasteiger partial charge in [-0.2, -0.15) is 23.3 Å². The standard InChI is InChI=1S/C14H17F3N2O3/c1-8(2)4-10-5-13(21,14(15,16)17)19(18-10)12(20)11-7-22-6-9(11)3/h6-8,21H,4-5H2,1-3H3. The predicted octanol–water partition coefficient (Wildman–Crippen LogP) is 3.09. The average Bonchev–Trinajstić information content (AvgIpc) is 2.92. The second-order valence-electron chi connectivity index (χ2n) is 5.84. The molecule has 1 aliphatic rings. The van der Waals surface area contributed by atoms with Crippen LogP contribution in [0.25, 0.3) is 0 Å². The van der Waals surface area contributed by atoms with Gasteiger partial charge >= 0.3 is 6.18 Å². The van der Waals surface area contributed by atoms with Gasteiger partial charge in [-0.15, -0.1) is 0 Å². The molecule has 0 radical (unpaired) electrons. The maximum Gasteiger partial charge on any atom is 0.438 e. The molecular formula is C14H17F3N2O3. The molecule has 0 saturated carbocycles. The van der Waals surface area contributed by atoms with Crippen molar-refractivity contribution in [3.63, 3.8) is 0 Å². The fraction of sp³-hybridized carbons (Fsp3) is 0.571. The SMILES string of the molecule is Cc1cocc1C(=O)N1N=C(CC(C)C)CC1(O)C(F)(F)F. The summed E-state index contributed by atoms with van der Waals surface area (Å²) in [7, 11) is 0. The van der Waals surface area contributed by atoms with Gasteiger partial charge in [-0.05, 0) is 19.3 Å². The minimum absolute atomic E-state index is 0.0574. The van der Waals surface area contributed by atoms with Crippen LogP contribution in [0.3, 0.4) is 0 Å². The summed E-state index contributed by atoms with van der Waals surface area (Å²) in [4.78, 5) is 12.3. The van der Waals surface area contributed by atoms with Crippen LogP contribution in [0.2, 0.25) is 0 Å². The van der Waals surface area contributed by atoms with Crippen LogP contribution < -0.4 is 0 Å². The molecule has 2 rings (SSSR count). The number of rotatable bonds is 3. The van der Waals surface area contributed by atoms with Crippen molar-refractivity contribution >= 4 is 11.6 Å². The normalized spacial score (nSPS) is 22.4. The summed E-state index contributed by atoms with van der Waals surface area (Å²) in [6.45, 7) is 5.16. The zero-order valence-electron chi connectivity index (χ0n) is 12.4. The van der Waals surface area contributed by atoms with Crippen LogP contribution in [0.5, 0.6) is 0 Å². The molecule has 8 heteroatoms. The Morgan fingerprint density at radius 1 is 1.50 bits per heavy atom. The topological polar surface area (TPSA) is 66.0 Å². The number of aliphatic hydroxyl groups is 1. The largest absolute Gasteiger partial charge is 0.471 e. The number of carbonyl (C=O) groups is 1. The van der Waals surface area contributed by atoms with Gasteiger partial charge in [0, 0.05) is 17.7 Å². The van der Waals surface area contributed by atoms with E-state index in [1.807, 2.05) is 13.8 Å². The van der Waals surface area contributed by atoms with E-state index >= 15 is 0 Å². The van der Waals surface area contributed by atoms with Crippen LogP contribution in [0, 0.1) is 12.8 Å². The highest BCUT2D eigenvalue weighted by atomic mass is 19.4. The molecule has 1 N–H and O–H groups in total. The maximum absolute atomic E-state index is 13.3. The van der Waals surface area contributed by atoms with Crippen molar-refractivity contribution in [3.8, 4) is 0 Å². The molecule has 2 heterocycles. The minimum Gasteiger partial charge on any atom is -0.471 e. The summed E-state index contributed by atoms with van der Waals surface area (Å²) >= 11 is 0. The minimum atomic E-state index is -5.01. The third-order valence-electron chi connectivity index (χ3n) is 3.42. The van der Waals surface area contributed by atoms with Crippen molar-refractivity contribution in [2.45, 2.75) is 45.5 Å². The number of halogens is 3. The lowest BCUT2D eigenvalue weighted by molar-refractivity contribution is -0.297. The number of aryl methyl sites for hydroxylation is 1. The van der Waals surface area contributed by atoms with E-state index < -0.39 is 24.2 Å². The van der Waals surface area contributed by atoms with Gasteiger partial charge in [0.1, 0.15) is 6.26 Å². The van der Waals surface area contributed by atoms with E-state index in [9.17, 15) is 23.1 Å². The highest BCUT2D eigenvalue weighted by Gasteiger charge is 2.63. The summed E-state index contributed by atoms with van der Waals surface area (Å²) in [5.74, 6) is -0.980. The van der Waals surface area contributed by atoms with Crippen molar-refractivity contribution in [1.29, 1.82) is 0 Å². The Bertz CT molecular complexity index is 607. The average molecular weight is 318 g/mol. The monoisotopic (exact) mass is 318 g/mol. The summed E-state index contributed by atoms with van der Waals surface area (Å²) < 4.78 is 44.6. The summed E-state index contributed by atoms with van der Waals surface area (Å²) in [5.41, 5.74) is -2.86. The Morgan fingerprint density at radius 3 is 2.59 bits per heavy atom. The van der Waals surface area contributed by atoms with Crippen molar-refractivity contribution in [2.24, 2.45) is 11.0 Å². The molecule has 0 saturated heterocycles. The van der Waals surface area contributed by atoms with E-state index in [0.717, 1.165) is 6.26 Å². The van der Waals surface area contributed by atoms with E-state index in [1.165, 1.54) is 13.2 Å². The van der Waals surface area contributed by atoms with E-state index in [4.69, 9.17) is 4.42 Å². The number of hydrogen-bond donors (Lipinski definition) is 1. The van der Waals surface area contributed by atoms with Gasteiger partial charge in [0.25, 0.3) is 11.6 Å². The number of furan rings is 1. The molecule has 0 spiro atoms. The van der Waals surface area contributed by atoms with E-state index in [2.05, 4.69) is 5.10 Å². The van der Waals surface area contributed by atoms with Crippen molar-refractivity contribution in [2.75, 3.05) is 0 Å². The number of alkyl halides is 3.